The molecular weight excluding hydrogens is 727 g/mol. The number of methoxy groups -OCH3 is 1. The molecule has 1 aliphatic heterocycles. The maximum absolute atomic E-state index is 12.9. The number of urea groups is 1. The lowest BCUT2D eigenvalue weighted by molar-refractivity contribution is -0.268. The summed E-state index contributed by atoms with van der Waals surface area (Å²) in [5.74, 6) is 0.0690. The molecule has 56 heavy (non-hydrogen) atoms. The summed E-state index contributed by atoms with van der Waals surface area (Å²) < 4.78 is 18.4. The highest BCUT2D eigenvalue weighted by Gasteiger charge is 2.38. The van der Waals surface area contributed by atoms with Crippen LogP contribution in [0.15, 0.2) is 132 Å². The molecule has 1 fully saturated rings. The largest absolute Gasteiger partial charge is 0.467 e. The molecule has 0 unspecified atom stereocenters. The van der Waals surface area contributed by atoms with E-state index in [1.807, 2.05) is 121 Å². The van der Waals surface area contributed by atoms with E-state index in [1.54, 1.807) is 11.8 Å². The van der Waals surface area contributed by atoms with Gasteiger partial charge >= 0.3 is 12.0 Å². The molecule has 11 heteroatoms. The molecule has 290 valence electrons. The van der Waals surface area contributed by atoms with E-state index in [0.29, 0.717) is 12.2 Å². The van der Waals surface area contributed by atoms with Gasteiger partial charge in [0.15, 0.2) is 6.29 Å². The van der Waals surface area contributed by atoms with Crippen LogP contribution < -0.4 is 16.0 Å². The zero-order chi connectivity index (χ0) is 39.4. The molecule has 5 atom stereocenters. The van der Waals surface area contributed by atoms with Crippen molar-refractivity contribution in [2.24, 2.45) is 5.92 Å². The van der Waals surface area contributed by atoms with Crippen molar-refractivity contribution in [3.8, 4) is 11.1 Å². The molecule has 10 nitrogen and oxygen atoms in total. The Labute approximate surface area is 332 Å². The van der Waals surface area contributed by atoms with Crippen molar-refractivity contribution in [2.45, 2.75) is 62.9 Å². The van der Waals surface area contributed by atoms with Crippen molar-refractivity contribution >= 4 is 35.4 Å². The number of esters is 1. The first-order valence-corrected chi connectivity index (χ1v) is 19.5. The van der Waals surface area contributed by atoms with Crippen LogP contribution >= 0.6 is 11.8 Å². The molecule has 0 radical (unpaired) electrons. The van der Waals surface area contributed by atoms with E-state index >= 15 is 0 Å². The van der Waals surface area contributed by atoms with E-state index in [9.17, 15) is 19.5 Å². The monoisotopic (exact) mass is 773 g/mol. The first-order chi connectivity index (χ1) is 27.2. The van der Waals surface area contributed by atoms with E-state index in [1.165, 1.54) is 14.0 Å². The van der Waals surface area contributed by atoms with Gasteiger partial charge < -0.3 is 35.3 Å². The molecule has 5 aromatic rings. The van der Waals surface area contributed by atoms with Gasteiger partial charge in [-0.1, -0.05) is 97.9 Å². The number of hydrogen-bond acceptors (Lipinski definition) is 8. The number of hydrogen-bond donors (Lipinski definition) is 4. The number of ether oxygens (including phenoxy) is 3. The van der Waals surface area contributed by atoms with E-state index in [2.05, 4.69) is 28.9 Å². The smallest absolute Gasteiger partial charge is 0.328 e. The fourth-order valence-electron chi connectivity index (χ4n) is 6.63. The van der Waals surface area contributed by atoms with Gasteiger partial charge in [-0.15, -0.1) is 11.8 Å². The van der Waals surface area contributed by atoms with Crippen LogP contribution in [-0.4, -0.2) is 48.0 Å². The number of anilines is 1. The first-order valence-electron chi connectivity index (χ1n) is 18.6. The van der Waals surface area contributed by atoms with Gasteiger partial charge in [-0.05, 0) is 69.8 Å². The number of amides is 3. The van der Waals surface area contributed by atoms with E-state index < -0.39 is 24.3 Å². The summed E-state index contributed by atoms with van der Waals surface area (Å²) >= 11 is 1.69. The van der Waals surface area contributed by atoms with E-state index in [0.717, 1.165) is 49.5 Å². The minimum atomic E-state index is -0.830. The zero-order valence-corrected chi connectivity index (χ0v) is 32.5. The van der Waals surface area contributed by atoms with Gasteiger partial charge in [-0.3, -0.25) is 4.79 Å². The van der Waals surface area contributed by atoms with Crippen LogP contribution in [-0.2, 0) is 43.4 Å². The summed E-state index contributed by atoms with van der Waals surface area (Å²) in [4.78, 5) is 37.9. The van der Waals surface area contributed by atoms with Gasteiger partial charge in [0.25, 0.3) is 0 Å². The van der Waals surface area contributed by atoms with Crippen molar-refractivity contribution in [1.82, 2.24) is 10.6 Å². The van der Waals surface area contributed by atoms with Gasteiger partial charge in [0.1, 0.15) is 6.04 Å². The van der Waals surface area contributed by atoms with Crippen molar-refractivity contribution in [1.29, 1.82) is 0 Å². The highest BCUT2D eigenvalue weighted by atomic mass is 32.2. The maximum atomic E-state index is 12.9. The number of thioether (sulfide) groups is 1. The molecule has 1 heterocycles. The summed E-state index contributed by atoms with van der Waals surface area (Å²) in [5.41, 5.74) is 7.17. The Hall–Kier alpha value is -5.46. The highest BCUT2D eigenvalue weighted by Crippen LogP contribution is 2.43. The number of aliphatic hydroxyl groups is 1. The summed E-state index contributed by atoms with van der Waals surface area (Å²) in [6.45, 7) is 3.84. The number of nitrogens with one attached hydrogen (secondary N) is 3. The van der Waals surface area contributed by atoms with Gasteiger partial charge in [0.05, 0.1) is 25.9 Å². The van der Waals surface area contributed by atoms with Gasteiger partial charge in [0.2, 0.25) is 5.91 Å². The number of aliphatic hydroxyl groups excluding tert-OH is 1. The summed E-state index contributed by atoms with van der Waals surface area (Å²) in [5, 5.41) is 18.1. The molecule has 0 spiro atoms. The summed E-state index contributed by atoms with van der Waals surface area (Å²) in [6.07, 6.45) is -0.754. The third-order valence-electron chi connectivity index (χ3n) is 9.66. The van der Waals surface area contributed by atoms with Crippen LogP contribution in [0.3, 0.4) is 0 Å². The molecular formula is C45H47N3O7S. The van der Waals surface area contributed by atoms with E-state index in [-0.39, 0.29) is 37.2 Å². The van der Waals surface area contributed by atoms with Gasteiger partial charge in [-0.2, -0.15) is 0 Å². The quantitative estimate of drug-likeness (QED) is 0.0660. The fraction of sp³-hybridized carbons (Fsp3) is 0.267. The molecule has 1 aliphatic rings. The minimum absolute atomic E-state index is 0.0168. The SMILES string of the molecule is COC(=O)[C@H](Cc1ccccc1)NC(=O)NCc1cccc(-c2cccc([C@@H]3O[C@H](CSc4ccc(NC(C)=O)cc4)[C@H](C)[C@H](c4ccc(CO)cc4)O3)c2)c1. The Bertz CT molecular complexity index is 2080. The van der Waals surface area contributed by atoms with Crippen LogP contribution in [0.5, 0.6) is 0 Å². The van der Waals surface area contributed by atoms with Crippen molar-refractivity contribution in [3.63, 3.8) is 0 Å². The zero-order valence-electron chi connectivity index (χ0n) is 31.6. The second kappa shape index (κ2) is 19.4. The Morgan fingerprint density at radius 2 is 1.48 bits per heavy atom. The second-order valence-electron chi connectivity index (χ2n) is 13.8. The Kier molecular flexibility index (Phi) is 13.9. The van der Waals surface area contributed by atoms with Crippen molar-refractivity contribution in [3.05, 3.63) is 155 Å². The Morgan fingerprint density at radius 3 is 2.18 bits per heavy atom. The topological polar surface area (TPSA) is 135 Å². The molecule has 6 rings (SSSR count). The lowest BCUT2D eigenvalue weighted by Crippen LogP contribution is -2.47. The molecule has 0 aliphatic carbocycles. The maximum Gasteiger partial charge on any atom is 0.328 e. The minimum Gasteiger partial charge on any atom is -0.467 e. The number of carbonyl (C=O) groups is 3. The number of carbonyl (C=O) groups excluding carboxylic acids is 3. The number of rotatable bonds is 14. The molecule has 0 saturated carbocycles. The predicted octanol–water partition coefficient (Wildman–Crippen LogP) is 7.97. The fourth-order valence-corrected chi connectivity index (χ4v) is 7.70. The van der Waals surface area contributed by atoms with Crippen LogP contribution in [0.2, 0.25) is 0 Å². The van der Waals surface area contributed by atoms with Crippen LogP contribution in [0, 0.1) is 5.92 Å². The molecule has 0 bridgehead atoms. The molecule has 5 aromatic carbocycles. The van der Waals surface area contributed by atoms with Crippen LogP contribution in [0.4, 0.5) is 10.5 Å². The van der Waals surface area contributed by atoms with Crippen LogP contribution in [0.1, 0.15) is 54.1 Å². The van der Waals surface area contributed by atoms with Gasteiger partial charge in [-0.25, -0.2) is 9.59 Å². The Balaban J connectivity index is 1.15. The lowest BCUT2D eigenvalue weighted by atomic mass is 9.91. The third kappa shape index (κ3) is 10.9. The average molecular weight is 774 g/mol. The second-order valence-corrected chi connectivity index (χ2v) is 14.9. The molecule has 1 saturated heterocycles. The molecule has 3 amide bonds. The Morgan fingerprint density at radius 1 is 0.786 bits per heavy atom. The van der Waals surface area contributed by atoms with Crippen molar-refractivity contribution in [2.75, 3.05) is 18.2 Å². The summed E-state index contributed by atoms with van der Waals surface area (Å²) in [6, 6.07) is 39.8. The predicted molar refractivity (Wildman–Crippen MR) is 218 cm³/mol. The standard InChI is InChI=1S/C45H47N3O7S/c1-29-41(28-56-39-21-19-38(20-22-39)47-30(2)50)54-44(55-42(29)34-17-15-32(27-49)16-18-34)37-14-8-13-36(25-37)35-12-7-11-33(23-35)26-46-45(52)48-40(43(51)53-3)24-31-9-5-4-6-10-31/h4-23,25,29,40-42,44,49H,24,26-28H2,1-3H3,(H,47,50)(H2,46,48,52)/t29-,40-,41+,42+,44+/m0/s1. The highest BCUT2D eigenvalue weighted by molar-refractivity contribution is 7.99. The average Bonchev–Trinajstić information content (AvgIpc) is 3.23. The first kappa shape index (κ1) is 40.2. The molecule has 0 aromatic heterocycles. The lowest BCUT2D eigenvalue weighted by Gasteiger charge is -2.41. The third-order valence-corrected chi connectivity index (χ3v) is 10.8. The van der Waals surface area contributed by atoms with Gasteiger partial charge in [0, 0.05) is 47.7 Å². The van der Waals surface area contributed by atoms with Crippen LogP contribution in [0.25, 0.3) is 11.1 Å². The van der Waals surface area contributed by atoms with E-state index in [4.69, 9.17) is 14.2 Å². The summed E-state index contributed by atoms with van der Waals surface area (Å²) in [7, 11) is 1.31. The molecule has 4 N–H and O–H groups in total. The van der Waals surface area contributed by atoms with Crippen molar-refractivity contribution < 1.29 is 33.7 Å². The normalized spacial score (nSPS) is 18.4. The number of benzene rings is 5.